The molecular formula is C23H20BrCl2FN6S. The Labute approximate surface area is 220 Å². The molecule has 0 aliphatic rings. The van der Waals surface area contributed by atoms with E-state index in [0.29, 0.717) is 34.1 Å². The van der Waals surface area contributed by atoms with Crippen molar-refractivity contribution in [2.24, 2.45) is 0 Å². The molecule has 0 atom stereocenters. The van der Waals surface area contributed by atoms with Crippen LogP contribution in [0.1, 0.15) is 22.5 Å². The Morgan fingerprint density at radius 2 is 1.71 bits per heavy atom. The molecule has 2 heterocycles. The first kappa shape index (κ1) is 24.7. The van der Waals surface area contributed by atoms with Crippen LogP contribution in [0.4, 0.5) is 15.9 Å². The molecule has 4 aromatic rings. The van der Waals surface area contributed by atoms with Crippen LogP contribution in [0.2, 0.25) is 10.0 Å². The number of nitrogens with zero attached hydrogens (tertiary/aromatic N) is 4. The van der Waals surface area contributed by atoms with Crippen molar-refractivity contribution in [1.29, 1.82) is 0 Å². The van der Waals surface area contributed by atoms with Crippen LogP contribution in [0.25, 0.3) is 0 Å². The molecule has 0 saturated carbocycles. The zero-order valence-electron chi connectivity index (χ0n) is 18.2. The lowest BCUT2D eigenvalue weighted by Gasteiger charge is -2.10. The molecule has 0 amide bonds. The number of aromatic nitrogens is 4. The average molecular weight is 582 g/mol. The maximum Gasteiger partial charge on any atom is 0.176 e. The van der Waals surface area contributed by atoms with Gasteiger partial charge in [0.25, 0.3) is 0 Å². The smallest absolute Gasteiger partial charge is 0.176 e. The fraction of sp³-hybridized carbons (Fsp3) is 0.174. The predicted octanol–water partition coefficient (Wildman–Crippen LogP) is 6.81. The standard InChI is InChI=1S/C23H20BrCl2FN6S/c1-13-21(14(2)33(30-13)11-15-3-6-17(27)7-4-15)28-23(34)29-22-18(24)12-32(31-22)10-16-5-8-19(25)20(26)9-16/h3-9,12H,10-11H2,1-2H3,(H2,28,29,31,34). The Balaban J connectivity index is 1.43. The molecular weight excluding hydrogens is 562 g/mol. The van der Waals surface area contributed by atoms with E-state index in [-0.39, 0.29) is 5.82 Å². The van der Waals surface area contributed by atoms with Crippen molar-refractivity contribution >= 4 is 68.0 Å². The molecule has 0 aliphatic heterocycles. The molecule has 2 aromatic carbocycles. The fourth-order valence-electron chi connectivity index (χ4n) is 3.43. The second-order valence-corrected chi connectivity index (χ2v) is 9.76. The Hall–Kier alpha value is -2.46. The zero-order valence-corrected chi connectivity index (χ0v) is 22.2. The van der Waals surface area contributed by atoms with Gasteiger partial charge in [0.1, 0.15) is 5.82 Å². The number of hydrogen-bond donors (Lipinski definition) is 2. The quantitative estimate of drug-likeness (QED) is 0.245. The summed E-state index contributed by atoms with van der Waals surface area (Å²) in [5, 5.41) is 16.9. The molecule has 11 heteroatoms. The molecule has 0 radical (unpaired) electrons. The monoisotopic (exact) mass is 580 g/mol. The Kier molecular flexibility index (Phi) is 7.57. The molecule has 0 spiro atoms. The summed E-state index contributed by atoms with van der Waals surface area (Å²) in [6.07, 6.45) is 1.85. The van der Waals surface area contributed by atoms with E-state index in [1.165, 1.54) is 12.1 Å². The number of halogens is 4. The number of anilines is 2. The topological polar surface area (TPSA) is 59.7 Å². The summed E-state index contributed by atoms with van der Waals surface area (Å²) in [7, 11) is 0. The van der Waals surface area contributed by atoms with Crippen LogP contribution in [0, 0.1) is 19.7 Å². The highest BCUT2D eigenvalue weighted by Gasteiger charge is 2.15. The van der Waals surface area contributed by atoms with Crippen molar-refractivity contribution in [3.8, 4) is 0 Å². The minimum absolute atomic E-state index is 0.263. The largest absolute Gasteiger partial charge is 0.329 e. The number of thiocarbonyl (C=S) groups is 1. The summed E-state index contributed by atoms with van der Waals surface area (Å²) >= 11 is 21.1. The average Bonchev–Trinajstić information content (AvgIpc) is 3.25. The van der Waals surface area contributed by atoms with Gasteiger partial charge >= 0.3 is 0 Å². The molecule has 0 bridgehead atoms. The van der Waals surface area contributed by atoms with Crippen LogP contribution in [-0.4, -0.2) is 24.7 Å². The van der Waals surface area contributed by atoms with E-state index >= 15 is 0 Å². The van der Waals surface area contributed by atoms with Crippen molar-refractivity contribution in [2.45, 2.75) is 26.9 Å². The van der Waals surface area contributed by atoms with Crippen LogP contribution in [0.5, 0.6) is 0 Å². The normalized spacial score (nSPS) is 11.0. The van der Waals surface area contributed by atoms with Gasteiger partial charge in [-0.3, -0.25) is 9.36 Å². The minimum Gasteiger partial charge on any atom is -0.329 e. The summed E-state index contributed by atoms with van der Waals surface area (Å²) in [6.45, 7) is 4.91. The molecule has 0 fully saturated rings. The zero-order chi connectivity index (χ0) is 24.4. The molecule has 0 saturated heterocycles. The van der Waals surface area contributed by atoms with E-state index in [0.717, 1.165) is 32.7 Å². The number of rotatable bonds is 6. The van der Waals surface area contributed by atoms with E-state index in [9.17, 15) is 4.39 Å². The summed E-state index contributed by atoms with van der Waals surface area (Å²) in [6, 6.07) is 11.9. The van der Waals surface area contributed by atoms with Gasteiger partial charge < -0.3 is 10.6 Å². The third-order valence-electron chi connectivity index (χ3n) is 5.14. The van der Waals surface area contributed by atoms with Gasteiger partial charge in [0.15, 0.2) is 10.9 Å². The molecule has 4 rings (SSSR count). The van der Waals surface area contributed by atoms with Crippen molar-refractivity contribution in [3.05, 3.63) is 91.5 Å². The van der Waals surface area contributed by atoms with Crippen LogP contribution in [-0.2, 0) is 13.1 Å². The summed E-state index contributed by atoms with van der Waals surface area (Å²) in [4.78, 5) is 0. The van der Waals surface area contributed by atoms with Crippen LogP contribution in [0.3, 0.4) is 0 Å². The van der Waals surface area contributed by atoms with Gasteiger partial charge in [-0.25, -0.2) is 4.39 Å². The van der Waals surface area contributed by atoms with Gasteiger partial charge in [-0.15, -0.1) is 0 Å². The Morgan fingerprint density at radius 1 is 1.00 bits per heavy atom. The summed E-state index contributed by atoms with van der Waals surface area (Å²) < 4.78 is 17.6. The first-order chi connectivity index (χ1) is 16.2. The van der Waals surface area contributed by atoms with Gasteiger partial charge in [0.2, 0.25) is 0 Å². The third-order valence-corrected chi connectivity index (χ3v) is 6.67. The Bertz CT molecular complexity index is 1350. The van der Waals surface area contributed by atoms with Crippen molar-refractivity contribution in [1.82, 2.24) is 19.6 Å². The van der Waals surface area contributed by atoms with Gasteiger partial charge in [0, 0.05) is 6.20 Å². The van der Waals surface area contributed by atoms with Crippen LogP contribution in [0.15, 0.2) is 53.1 Å². The third kappa shape index (κ3) is 5.78. The highest BCUT2D eigenvalue weighted by molar-refractivity contribution is 9.10. The molecule has 0 unspecified atom stereocenters. The second-order valence-electron chi connectivity index (χ2n) is 7.68. The Morgan fingerprint density at radius 3 is 2.41 bits per heavy atom. The van der Waals surface area contributed by atoms with Gasteiger partial charge in [-0.05, 0) is 77.4 Å². The van der Waals surface area contributed by atoms with Crippen molar-refractivity contribution in [2.75, 3.05) is 10.6 Å². The SMILES string of the molecule is Cc1nn(Cc2ccc(F)cc2)c(C)c1NC(=S)Nc1nn(Cc2ccc(Cl)c(Cl)c2)cc1Br. The van der Waals surface area contributed by atoms with Gasteiger partial charge in [-0.2, -0.15) is 10.2 Å². The maximum atomic E-state index is 13.2. The van der Waals surface area contributed by atoms with Crippen molar-refractivity contribution < 1.29 is 4.39 Å². The van der Waals surface area contributed by atoms with Crippen LogP contribution >= 0.6 is 51.3 Å². The highest BCUT2D eigenvalue weighted by atomic mass is 79.9. The molecule has 0 aliphatic carbocycles. The minimum atomic E-state index is -0.263. The fourth-order valence-corrected chi connectivity index (χ4v) is 4.37. The number of hydrogen-bond acceptors (Lipinski definition) is 3. The first-order valence-corrected chi connectivity index (χ1v) is 12.2. The summed E-state index contributed by atoms with van der Waals surface area (Å²) in [5.74, 6) is 0.313. The molecule has 34 heavy (non-hydrogen) atoms. The molecule has 2 aromatic heterocycles. The second kappa shape index (κ2) is 10.4. The van der Waals surface area contributed by atoms with Gasteiger partial charge in [-0.1, -0.05) is 41.4 Å². The van der Waals surface area contributed by atoms with E-state index in [1.54, 1.807) is 22.9 Å². The molecule has 2 N–H and O–H groups in total. The number of nitrogens with one attached hydrogen (secondary N) is 2. The molecule has 176 valence electrons. The lowest BCUT2D eigenvalue weighted by atomic mass is 10.2. The first-order valence-electron chi connectivity index (χ1n) is 10.2. The van der Waals surface area contributed by atoms with Gasteiger partial charge in [0.05, 0.1) is 44.7 Å². The number of aryl methyl sites for hydroxylation is 1. The van der Waals surface area contributed by atoms with Crippen LogP contribution < -0.4 is 10.6 Å². The summed E-state index contributed by atoms with van der Waals surface area (Å²) in [5.41, 5.74) is 4.45. The van der Waals surface area contributed by atoms with Crippen molar-refractivity contribution in [3.63, 3.8) is 0 Å². The van der Waals surface area contributed by atoms with E-state index in [2.05, 4.69) is 36.8 Å². The lowest BCUT2D eigenvalue weighted by molar-refractivity contribution is 0.622. The van der Waals surface area contributed by atoms with E-state index in [1.807, 2.05) is 36.9 Å². The maximum absolute atomic E-state index is 13.2. The van der Waals surface area contributed by atoms with E-state index < -0.39 is 0 Å². The molecule has 6 nitrogen and oxygen atoms in total. The number of benzene rings is 2. The lowest BCUT2D eigenvalue weighted by Crippen LogP contribution is -2.20. The predicted molar refractivity (Wildman–Crippen MR) is 143 cm³/mol. The highest BCUT2D eigenvalue weighted by Crippen LogP contribution is 2.26. The van der Waals surface area contributed by atoms with E-state index in [4.69, 9.17) is 35.4 Å².